The Hall–Kier alpha value is -2.44. The Bertz CT molecular complexity index is 660. The number of hydrogen-bond acceptors (Lipinski definition) is 4. The van der Waals surface area contributed by atoms with Crippen LogP contribution in [0.4, 0.5) is 4.79 Å². The van der Waals surface area contributed by atoms with Crippen LogP contribution in [0.25, 0.3) is 0 Å². The van der Waals surface area contributed by atoms with Crippen molar-refractivity contribution >= 4 is 12.0 Å². The molecule has 0 aliphatic carbocycles. The monoisotopic (exact) mass is 364 g/mol. The van der Waals surface area contributed by atoms with Crippen molar-refractivity contribution in [3.05, 3.63) is 23.3 Å². The molecule has 2 N–H and O–H groups in total. The number of carbonyl (C=O) groups excluding carboxylic acids is 1. The molecule has 0 saturated carbocycles. The summed E-state index contributed by atoms with van der Waals surface area (Å²) in [6.45, 7) is 5.13. The van der Waals surface area contributed by atoms with E-state index in [-0.39, 0.29) is 18.5 Å². The smallest absolute Gasteiger partial charge is 0.317 e. The van der Waals surface area contributed by atoms with E-state index in [1.807, 2.05) is 26.0 Å². The summed E-state index contributed by atoms with van der Waals surface area (Å²) in [7, 11) is 3.18. The van der Waals surface area contributed by atoms with Crippen LogP contribution in [0.2, 0.25) is 0 Å². The van der Waals surface area contributed by atoms with Crippen molar-refractivity contribution in [1.29, 1.82) is 0 Å². The molecule has 0 bridgehead atoms. The van der Waals surface area contributed by atoms with Gasteiger partial charge in [0.1, 0.15) is 0 Å². The van der Waals surface area contributed by atoms with Gasteiger partial charge in [0, 0.05) is 19.6 Å². The maximum Gasteiger partial charge on any atom is 0.317 e. The molecule has 1 aliphatic heterocycles. The number of carboxylic acid groups (broad SMARTS) is 1. The van der Waals surface area contributed by atoms with Gasteiger partial charge in [-0.25, -0.2) is 4.79 Å². The molecule has 2 rings (SSSR count). The predicted molar refractivity (Wildman–Crippen MR) is 97.6 cm³/mol. The van der Waals surface area contributed by atoms with Gasteiger partial charge in [0.25, 0.3) is 0 Å². The molecule has 1 heterocycles. The van der Waals surface area contributed by atoms with E-state index in [1.165, 1.54) is 0 Å². The van der Waals surface area contributed by atoms with E-state index in [9.17, 15) is 14.7 Å². The summed E-state index contributed by atoms with van der Waals surface area (Å²) in [5, 5.41) is 12.1. The van der Waals surface area contributed by atoms with Crippen LogP contribution in [0, 0.1) is 11.8 Å². The molecule has 1 aromatic rings. The van der Waals surface area contributed by atoms with Crippen LogP contribution in [0.15, 0.2) is 12.1 Å². The molecule has 0 fully saturated rings. The summed E-state index contributed by atoms with van der Waals surface area (Å²) in [6.07, 6.45) is 1.26. The minimum Gasteiger partial charge on any atom is -0.493 e. The van der Waals surface area contributed by atoms with Gasteiger partial charge in [-0.05, 0) is 42.0 Å². The molecule has 1 aromatic carbocycles. The standard InChI is InChI=1S/C19H28N2O5/c1-12(2)7-14(18(22)23)10-20-19(24)21-6-5-13-8-16(25-3)17(26-4)9-15(13)11-21/h8-9,12,14H,5-7,10-11H2,1-4H3,(H,20,24)(H,22,23). The fraction of sp³-hybridized carbons (Fsp3) is 0.579. The molecule has 2 amide bonds. The molecule has 7 nitrogen and oxygen atoms in total. The maximum absolute atomic E-state index is 12.5. The normalized spacial score (nSPS) is 14.6. The number of aliphatic carboxylic acids is 1. The second-order valence-corrected chi connectivity index (χ2v) is 7.00. The average Bonchev–Trinajstić information content (AvgIpc) is 2.62. The van der Waals surface area contributed by atoms with Gasteiger partial charge in [-0.1, -0.05) is 13.8 Å². The number of benzene rings is 1. The van der Waals surface area contributed by atoms with Crippen molar-refractivity contribution < 1.29 is 24.2 Å². The molecular formula is C19H28N2O5. The minimum atomic E-state index is -0.875. The SMILES string of the molecule is COc1cc2c(cc1OC)CN(C(=O)NCC(CC(C)C)C(=O)O)CC2. The second-order valence-electron chi connectivity index (χ2n) is 7.00. The Balaban J connectivity index is 2.01. The summed E-state index contributed by atoms with van der Waals surface area (Å²) >= 11 is 0. The number of carbonyl (C=O) groups is 2. The van der Waals surface area contributed by atoms with Gasteiger partial charge in [-0.15, -0.1) is 0 Å². The van der Waals surface area contributed by atoms with Crippen molar-refractivity contribution in [2.24, 2.45) is 11.8 Å². The molecule has 26 heavy (non-hydrogen) atoms. The Morgan fingerprint density at radius 1 is 1.19 bits per heavy atom. The van der Waals surface area contributed by atoms with E-state index in [2.05, 4.69) is 5.32 Å². The molecule has 1 unspecified atom stereocenters. The lowest BCUT2D eigenvalue weighted by Crippen LogP contribution is -2.45. The van der Waals surface area contributed by atoms with Crippen molar-refractivity contribution in [3.8, 4) is 11.5 Å². The molecule has 1 aliphatic rings. The quantitative estimate of drug-likeness (QED) is 0.776. The van der Waals surface area contributed by atoms with E-state index < -0.39 is 11.9 Å². The van der Waals surface area contributed by atoms with Crippen molar-refractivity contribution in [3.63, 3.8) is 0 Å². The Kier molecular flexibility index (Phi) is 6.71. The van der Waals surface area contributed by atoms with Gasteiger partial charge in [0.2, 0.25) is 0 Å². The third-order valence-corrected chi connectivity index (χ3v) is 4.61. The lowest BCUT2D eigenvalue weighted by molar-refractivity contribution is -0.142. The third-order valence-electron chi connectivity index (χ3n) is 4.61. The molecule has 1 atom stereocenters. The van der Waals surface area contributed by atoms with Gasteiger partial charge in [0.05, 0.1) is 20.1 Å². The summed E-state index contributed by atoms with van der Waals surface area (Å²) < 4.78 is 10.7. The van der Waals surface area contributed by atoms with Crippen molar-refractivity contribution in [1.82, 2.24) is 10.2 Å². The zero-order valence-corrected chi connectivity index (χ0v) is 15.9. The third kappa shape index (κ3) is 4.80. The second kappa shape index (κ2) is 8.78. The van der Waals surface area contributed by atoms with Crippen LogP contribution >= 0.6 is 0 Å². The number of amides is 2. The largest absolute Gasteiger partial charge is 0.493 e. The van der Waals surface area contributed by atoms with Gasteiger partial charge in [-0.2, -0.15) is 0 Å². The maximum atomic E-state index is 12.5. The first kappa shape index (κ1) is 19.9. The van der Waals surface area contributed by atoms with Gasteiger partial charge in [-0.3, -0.25) is 4.79 Å². The first-order chi connectivity index (χ1) is 12.3. The predicted octanol–water partition coefficient (Wildman–Crippen LogP) is 2.52. The summed E-state index contributed by atoms with van der Waals surface area (Å²) in [5.74, 6) is 0.135. The lowest BCUT2D eigenvalue weighted by Gasteiger charge is -2.30. The number of rotatable bonds is 7. The van der Waals surface area contributed by atoms with E-state index >= 15 is 0 Å². The minimum absolute atomic E-state index is 0.141. The average molecular weight is 364 g/mol. The van der Waals surface area contributed by atoms with Crippen LogP contribution in [-0.4, -0.2) is 49.3 Å². The fourth-order valence-electron chi connectivity index (χ4n) is 3.22. The summed E-state index contributed by atoms with van der Waals surface area (Å²) in [5.41, 5.74) is 2.15. The van der Waals surface area contributed by atoms with Gasteiger partial charge < -0.3 is 24.8 Å². The zero-order chi connectivity index (χ0) is 19.3. The first-order valence-corrected chi connectivity index (χ1v) is 8.85. The van der Waals surface area contributed by atoms with Crippen LogP contribution in [-0.2, 0) is 17.8 Å². The number of methoxy groups -OCH3 is 2. The first-order valence-electron chi connectivity index (χ1n) is 8.85. The highest BCUT2D eigenvalue weighted by molar-refractivity contribution is 5.76. The Morgan fingerprint density at radius 3 is 2.35 bits per heavy atom. The van der Waals surface area contributed by atoms with E-state index in [0.717, 1.165) is 17.5 Å². The van der Waals surface area contributed by atoms with E-state index in [4.69, 9.17) is 9.47 Å². The zero-order valence-electron chi connectivity index (χ0n) is 15.9. The van der Waals surface area contributed by atoms with Crippen molar-refractivity contribution in [2.45, 2.75) is 33.2 Å². The number of hydrogen-bond donors (Lipinski definition) is 2. The van der Waals surface area contributed by atoms with Crippen LogP contribution in [0.5, 0.6) is 11.5 Å². The Morgan fingerprint density at radius 2 is 1.81 bits per heavy atom. The number of nitrogens with zero attached hydrogens (tertiary/aromatic N) is 1. The van der Waals surface area contributed by atoms with E-state index in [0.29, 0.717) is 31.0 Å². The molecule has 7 heteroatoms. The topological polar surface area (TPSA) is 88.1 Å². The van der Waals surface area contributed by atoms with Crippen molar-refractivity contribution in [2.75, 3.05) is 27.3 Å². The molecular weight excluding hydrogens is 336 g/mol. The van der Waals surface area contributed by atoms with Crippen LogP contribution in [0.3, 0.4) is 0 Å². The lowest BCUT2D eigenvalue weighted by atomic mass is 9.97. The van der Waals surface area contributed by atoms with Crippen LogP contribution < -0.4 is 14.8 Å². The summed E-state index contributed by atoms with van der Waals surface area (Å²) in [6, 6.07) is 3.61. The number of fused-ring (bicyclic) bond motifs is 1. The number of urea groups is 1. The molecule has 0 radical (unpaired) electrons. The van der Waals surface area contributed by atoms with E-state index in [1.54, 1.807) is 19.1 Å². The highest BCUT2D eigenvalue weighted by Gasteiger charge is 2.25. The molecule has 0 spiro atoms. The highest BCUT2D eigenvalue weighted by Crippen LogP contribution is 2.33. The van der Waals surface area contributed by atoms with Crippen LogP contribution in [0.1, 0.15) is 31.4 Å². The summed E-state index contributed by atoms with van der Waals surface area (Å²) in [4.78, 5) is 25.5. The Labute approximate surface area is 154 Å². The fourth-order valence-corrected chi connectivity index (χ4v) is 3.22. The van der Waals surface area contributed by atoms with Gasteiger partial charge in [0.15, 0.2) is 11.5 Å². The number of carboxylic acids is 1. The number of nitrogens with one attached hydrogen (secondary N) is 1. The molecule has 0 aromatic heterocycles. The molecule has 0 saturated heterocycles. The highest BCUT2D eigenvalue weighted by atomic mass is 16.5. The molecule has 144 valence electrons. The van der Waals surface area contributed by atoms with Gasteiger partial charge >= 0.3 is 12.0 Å². The number of ether oxygens (including phenoxy) is 2.